The molecule has 0 heterocycles. The zero-order valence-electron chi connectivity index (χ0n) is 5.41. The van der Waals surface area contributed by atoms with Crippen molar-refractivity contribution >= 4 is 0 Å². The largest absolute Gasteiger partial charge is 0.125 e. The second-order valence-electron chi connectivity index (χ2n) is 1.60. The fourth-order valence-corrected chi connectivity index (χ4v) is 0.265. The topological polar surface area (TPSA) is 0 Å². The lowest BCUT2D eigenvalue weighted by molar-refractivity contribution is 1.37. The lowest BCUT2D eigenvalue weighted by Gasteiger charge is -1.88. The van der Waals surface area contributed by atoms with Crippen LogP contribution in [0, 0.1) is 0 Å². The van der Waals surface area contributed by atoms with Crippen LogP contribution in [0.5, 0.6) is 0 Å². The summed E-state index contributed by atoms with van der Waals surface area (Å²) in [5.41, 5.74) is 7.51. The van der Waals surface area contributed by atoms with E-state index in [0.29, 0.717) is 0 Å². The van der Waals surface area contributed by atoms with Gasteiger partial charge in [-0.2, -0.15) is 0 Å². The third-order valence-corrected chi connectivity index (χ3v) is 1.09. The van der Waals surface area contributed by atoms with E-state index in [2.05, 4.69) is 24.6 Å². The van der Waals surface area contributed by atoms with Gasteiger partial charge in [0.15, 0.2) is 0 Å². The minimum Gasteiger partial charge on any atom is -0.125 e. The normalized spacial score (nSPS) is 6.75. The predicted molar refractivity (Wildman–Crippen MR) is 36.7 cm³/mol. The summed E-state index contributed by atoms with van der Waals surface area (Å²) in [5, 5.41) is 0. The minimum atomic E-state index is 1.01. The molecule has 0 N–H and O–H groups in total. The second-order valence-corrected chi connectivity index (χ2v) is 1.60. The molecule has 0 atom stereocenters. The Hall–Kier alpha value is -0.960. The van der Waals surface area contributed by atoms with Crippen LogP contribution in [-0.2, 0) is 0 Å². The zero-order valence-corrected chi connectivity index (χ0v) is 5.41. The summed E-state index contributed by atoms with van der Waals surface area (Å²) in [4.78, 5) is 0. The summed E-state index contributed by atoms with van der Waals surface area (Å²) in [5.74, 6) is 0. The highest BCUT2D eigenvalue weighted by atomic mass is 13.9. The highest BCUT2D eigenvalue weighted by molar-refractivity contribution is 5.23. The highest BCUT2D eigenvalue weighted by Crippen LogP contribution is 2.01. The Bertz CT molecular complexity index is 150. The average Bonchev–Trinajstić information content (AvgIpc) is 1.84. The molecule has 0 bridgehead atoms. The van der Waals surface area contributed by atoms with Gasteiger partial charge in [0.1, 0.15) is 0 Å². The van der Waals surface area contributed by atoms with Crippen molar-refractivity contribution in [3.63, 3.8) is 0 Å². The van der Waals surface area contributed by atoms with Crippen molar-refractivity contribution in [2.75, 3.05) is 0 Å². The molecule has 0 unspecified atom stereocenters. The molecule has 0 rings (SSSR count). The molecule has 0 nitrogen and oxygen atoms in total. The third-order valence-electron chi connectivity index (χ3n) is 1.09. The third kappa shape index (κ3) is 1.66. The van der Waals surface area contributed by atoms with Crippen LogP contribution >= 0.6 is 0 Å². The van der Waals surface area contributed by atoms with E-state index in [1.54, 1.807) is 0 Å². The quantitative estimate of drug-likeness (QED) is 0.356. The summed E-state index contributed by atoms with van der Waals surface area (Å²) in [7, 11) is 0. The van der Waals surface area contributed by atoms with E-state index in [-0.39, 0.29) is 0 Å². The molecule has 0 aromatic carbocycles. The maximum absolute atomic E-state index is 3.48. The smallest absolute Gasteiger partial charge is 0.000843 e. The Morgan fingerprint density at radius 2 is 1.25 bits per heavy atom. The van der Waals surface area contributed by atoms with Crippen LogP contribution in [0.4, 0.5) is 0 Å². The summed E-state index contributed by atoms with van der Waals surface area (Å²) in [6.45, 7) is 10.8. The minimum absolute atomic E-state index is 1.01. The summed E-state index contributed by atoms with van der Waals surface area (Å²) in [6.07, 6.45) is 0. The van der Waals surface area contributed by atoms with Gasteiger partial charge in [0.2, 0.25) is 0 Å². The van der Waals surface area contributed by atoms with Gasteiger partial charge in [-0.05, 0) is 13.8 Å². The van der Waals surface area contributed by atoms with Gasteiger partial charge < -0.3 is 0 Å². The standard InChI is InChI=1S/C8H10/c1-5-7(3)8(4)6-2/h1-2H2,3-4H3. The molecule has 0 aliphatic heterocycles. The summed E-state index contributed by atoms with van der Waals surface area (Å²) >= 11 is 0. The van der Waals surface area contributed by atoms with E-state index in [9.17, 15) is 0 Å². The van der Waals surface area contributed by atoms with E-state index in [1.807, 2.05) is 13.8 Å². The van der Waals surface area contributed by atoms with E-state index < -0.39 is 0 Å². The average molecular weight is 106 g/mol. The first-order valence-electron chi connectivity index (χ1n) is 2.46. The van der Waals surface area contributed by atoms with E-state index >= 15 is 0 Å². The molecule has 0 saturated heterocycles. The van der Waals surface area contributed by atoms with Crippen molar-refractivity contribution in [3.8, 4) is 0 Å². The van der Waals surface area contributed by atoms with Gasteiger partial charge in [-0.25, -0.2) is 0 Å². The van der Waals surface area contributed by atoms with Gasteiger partial charge in [0.25, 0.3) is 0 Å². The lowest BCUT2D eigenvalue weighted by Crippen LogP contribution is -1.70. The van der Waals surface area contributed by atoms with Gasteiger partial charge in [0, 0.05) is 11.1 Å². The number of rotatable bonds is 1. The Kier molecular flexibility index (Phi) is 2.72. The molecular formula is C8H10. The first kappa shape index (κ1) is 7.04. The molecule has 0 fully saturated rings. The summed E-state index contributed by atoms with van der Waals surface area (Å²) in [6, 6.07) is 0. The van der Waals surface area contributed by atoms with E-state index in [0.717, 1.165) is 11.1 Å². The van der Waals surface area contributed by atoms with E-state index in [4.69, 9.17) is 0 Å². The van der Waals surface area contributed by atoms with Crippen molar-refractivity contribution in [2.45, 2.75) is 13.8 Å². The fraction of sp³-hybridized carbons (Fsp3) is 0.250. The number of hydrogen-bond acceptors (Lipinski definition) is 0. The van der Waals surface area contributed by atoms with Crippen molar-refractivity contribution in [1.29, 1.82) is 0 Å². The van der Waals surface area contributed by atoms with E-state index in [1.165, 1.54) is 0 Å². The first-order valence-corrected chi connectivity index (χ1v) is 2.46. The van der Waals surface area contributed by atoms with Crippen molar-refractivity contribution in [1.82, 2.24) is 0 Å². The highest BCUT2D eigenvalue weighted by Gasteiger charge is 1.84. The van der Waals surface area contributed by atoms with Crippen LogP contribution in [0.15, 0.2) is 35.8 Å². The second kappa shape index (κ2) is 3.10. The van der Waals surface area contributed by atoms with Crippen molar-refractivity contribution < 1.29 is 0 Å². The molecule has 0 saturated carbocycles. The van der Waals surface area contributed by atoms with Gasteiger partial charge in [-0.3, -0.25) is 0 Å². The van der Waals surface area contributed by atoms with Crippen molar-refractivity contribution in [2.24, 2.45) is 0 Å². The molecular weight excluding hydrogens is 96.1 g/mol. The van der Waals surface area contributed by atoms with Gasteiger partial charge in [0.05, 0.1) is 0 Å². The Balaban J connectivity index is 4.52. The molecule has 0 aliphatic carbocycles. The van der Waals surface area contributed by atoms with Crippen LogP contribution in [0.1, 0.15) is 13.8 Å². The van der Waals surface area contributed by atoms with Crippen LogP contribution < -0.4 is 0 Å². The maximum Gasteiger partial charge on any atom is 0.000843 e. The zero-order chi connectivity index (χ0) is 6.57. The molecule has 0 aromatic heterocycles. The SMILES string of the molecule is C=C=C(C)C(C)=C=C. The number of hydrogen-bond donors (Lipinski definition) is 0. The van der Waals surface area contributed by atoms with Gasteiger partial charge >= 0.3 is 0 Å². The van der Waals surface area contributed by atoms with Crippen LogP contribution in [0.25, 0.3) is 0 Å². The van der Waals surface area contributed by atoms with Gasteiger partial charge in [-0.1, -0.05) is 13.2 Å². The van der Waals surface area contributed by atoms with Crippen LogP contribution in [0.2, 0.25) is 0 Å². The lowest BCUT2D eigenvalue weighted by atomic mass is 10.2. The van der Waals surface area contributed by atoms with Crippen molar-refractivity contribution in [3.05, 3.63) is 35.8 Å². The molecule has 0 spiro atoms. The molecule has 0 heteroatoms. The molecule has 0 radical (unpaired) electrons. The number of allylic oxidation sites excluding steroid dienone is 2. The Morgan fingerprint density at radius 3 is 1.38 bits per heavy atom. The summed E-state index contributed by atoms with van der Waals surface area (Å²) < 4.78 is 0. The monoisotopic (exact) mass is 106 g/mol. The molecule has 0 aromatic rings. The van der Waals surface area contributed by atoms with Gasteiger partial charge in [-0.15, -0.1) is 11.5 Å². The molecule has 0 aliphatic rings. The van der Waals surface area contributed by atoms with Crippen LogP contribution in [-0.4, -0.2) is 0 Å². The molecule has 0 amide bonds. The predicted octanol–water partition coefficient (Wildman–Crippen LogP) is 2.45. The first-order chi connectivity index (χ1) is 3.72. The Labute approximate surface area is 50.5 Å². The molecule has 8 heavy (non-hydrogen) atoms. The van der Waals surface area contributed by atoms with Crippen LogP contribution in [0.3, 0.4) is 0 Å². The molecule has 42 valence electrons. The maximum atomic E-state index is 3.48. The fourth-order valence-electron chi connectivity index (χ4n) is 0.265. The Morgan fingerprint density at radius 1 is 1.00 bits per heavy atom.